The molecule has 0 radical (unpaired) electrons. The average Bonchev–Trinajstić information content (AvgIpc) is 2.44. The van der Waals surface area contributed by atoms with E-state index in [9.17, 15) is 14.0 Å². The van der Waals surface area contributed by atoms with Gasteiger partial charge >= 0.3 is 5.97 Å². The van der Waals surface area contributed by atoms with Gasteiger partial charge in [0.15, 0.2) is 0 Å². The lowest BCUT2D eigenvalue weighted by Gasteiger charge is -2.27. The van der Waals surface area contributed by atoms with Gasteiger partial charge in [-0.1, -0.05) is 0 Å². The van der Waals surface area contributed by atoms with Crippen molar-refractivity contribution in [3.05, 3.63) is 35.1 Å². The Balaban J connectivity index is 1.95. The van der Waals surface area contributed by atoms with E-state index in [0.717, 1.165) is 18.9 Å². The van der Waals surface area contributed by atoms with E-state index in [1.54, 1.807) is 0 Å². The fourth-order valence-electron chi connectivity index (χ4n) is 2.44. The highest BCUT2D eigenvalue weighted by atomic mass is 19.1. The Hall–Kier alpha value is -1.95. The highest BCUT2D eigenvalue weighted by Gasteiger charge is 2.21. The Bertz CT molecular complexity index is 546. The molecule has 1 heterocycles. The number of carboxylic acids is 1. The second-order valence-electron chi connectivity index (χ2n) is 5.28. The molecule has 5 nitrogen and oxygen atoms in total. The molecule has 2 N–H and O–H groups in total. The summed E-state index contributed by atoms with van der Waals surface area (Å²) in [6, 6.07) is 3.27. The number of ether oxygens (including phenoxy) is 1. The quantitative estimate of drug-likeness (QED) is 0.891. The minimum absolute atomic E-state index is 0.139. The lowest BCUT2D eigenvalue weighted by atomic mass is 9.96. The Morgan fingerprint density at radius 1 is 1.48 bits per heavy atom. The fraction of sp³-hybridized carbons (Fsp3) is 0.467. The molecule has 21 heavy (non-hydrogen) atoms. The standard InChI is InChI=1S/C15H18FNO4/c1-9-6-10(4-5-21-9)8-17-14(18)12-3-2-11(15(19)20)7-13(12)16/h2-3,7,9-10H,4-6,8H2,1H3,(H,17,18)(H,19,20). The number of carboxylic acid groups (broad SMARTS) is 1. The molecule has 2 unspecified atom stereocenters. The molecular formula is C15H18FNO4. The SMILES string of the molecule is CC1CC(CNC(=O)c2ccc(C(=O)O)cc2F)CCO1. The van der Waals surface area contributed by atoms with E-state index >= 15 is 0 Å². The van der Waals surface area contributed by atoms with E-state index in [-0.39, 0.29) is 17.2 Å². The first-order chi connectivity index (χ1) is 9.97. The van der Waals surface area contributed by atoms with E-state index in [0.29, 0.717) is 19.1 Å². The summed E-state index contributed by atoms with van der Waals surface area (Å²) in [5.74, 6) is -2.26. The van der Waals surface area contributed by atoms with Crippen molar-refractivity contribution in [2.45, 2.75) is 25.9 Å². The summed E-state index contributed by atoms with van der Waals surface area (Å²) in [5, 5.41) is 11.5. The second-order valence-corrected chi connectivity index (χ2v) is 5.28. The van der Waals surface area contributed by atoms with Crippen molar-refractivity contribution in [1.82, 2.24) is 5.32 Å². The van der Waals surface area contributed by atoms with Crippen LogP contribution in [-0.2, 0) is 4.74 Å². The first-order valence-corrected chi connectivity index (χ1v) is 6.90. The van der Waals surface area contributed by atoms with Crippen LogP contribution in [0.4, 0.5) is 4.39 Å². The van der Waals surface area contributed by atoms with Crippen molar-refractivity contribution in [2.75, 3.05) is 13.2 Å². The summed E-state index contributed by atoms with van der Waals surface area (Å²) in [6.07, 6.45) is 1.90. The molecule has 1 aromatic carbocycles. The van der Waals surface area contributed by atoms with Gasteiger partial charge in [-0.3, -0.25) is 4.79 Å². The summed E-state index contributed by atoms with van der Waals surface area (Å²) in [4.78, 5) is 22.7. The Morgan fingerprint density at radius 2 is 2.24 bits per heavy atom. The zero-order chi connectivity index (χ0) is 15.4. The minimum Gasteiger partial charge on any atom is -0.478 e. The zero-order valence-corrected chi connectivity index (χ0v) is 11.8. The Labute approximate surface area is 122 Å². The minimum atomic E-state index is -1.22. The monoisotopic (exact) mass is 295 g/mol. The number of hydrogen-bond acceptors (Lipinski definition) is 3. The largest absolute Gasteiger partial charge is 0.478 e. The fourth-order valence-corrected chi connectivity index (χ4v) is 2.44. The van der Waals surface area contributed by atoms with Gasteiger partial charge in [-0.2, -0.15) is 0 Å². The maximum absolute atomic E-state index is 13.7. The maximum atomic E-state index is 13.7. The number of hydrogen-bond donors (Lipinski definition) is 2. The number of benzene rings is 1. The van der Waals surface area contributed by atoms with Crippen LogP contribution < -0.4 is 5.32 Å². The van der Waals surface area contributed by atoms with Gasteiger partial charge in [-0.15, -0.1) is 0 Å². The van der Waals surface area contributed by atoms with Crippen LogP contribution in [0, 0.1) is 11.7 Å². The number of amides is 1. The first-order valence-electron chi connectivity index (χ1n) is 6.90. The molecule has 114 valence electrons. The van der Waals surface area contributed by atoms with Gasteiger partial charge in [0.05, 0.1) is 17.2 Å². The van der Waals surface area contributed by atoms with Crippen LogP contribution >= 0.6 is 0 Å². The van der Waals surface area contributed by atoms with Crippen LogP contribution in [0.3, 0.4) is 0 Å². The molecular weight excluding hydrogens is 277 g/mol. The third-order valence-corrected chi connectivity index (χ3v) is 3.61. The molecule has 1 amide bonds. The average molecular weight is 295 g/mol. The number of nitrogens with one attached hydrogen (secondary N) is 1. The molecule has 0 aliphatic carbocycles. The van der Waals surface area contributed by atoms with Gasteiger partial charge in [0.25, 0.3) is 5.91 Å². The molecule has 6 heteroatoms. The van der Waals surface area contributed by atoms with Gasteiger partial charge in [0.1, 0.15) is 5.82 Å². The van der Waals surface area contributed by atoms with E-state index in [2.05, 4.69) is 5.32 Å². The molecule has 1 fully saturated rings. The lowest BCUT2D eigenvalue weighted by Crippen LogP contribution is -2.34. The Morgan fingerprint density at radius 3 is 2.86 bits per heavy atom. The maximum Gasteiger partial charge on any atom is 0.335 e. The molecule has 0 aromatic heterocycles. The van der Waals surface area contributed by atoms with Crippen LogP contribution in [-0.4, -0.2) is 36.2 Å². The molecule has 2 atom stereocenters. The van der Waals surface area contributed by atoms with Gasteiger partial charge in [-0.25, -0.2) is 9.18 Å². The van der Waals surface area contributed by atoms with Crippen molar-refractivity contribution in [1.29, 1.82) is 0 Å². The van der Waals surface area contributed by atoms with Crippen LogP contribution in [0.2, 0.25) is 0 Å². The molecule has 2 rings (SSSR count). The summed E-state index contributed by atoms with van der Waals surface area (Å²) in [6.45, 7) is 3.12. The number of rotatable bonds is 4. The lowest BCUT2D eigenvalue weighted by molar-refractivity contribution is 0.00301. The van der Waals surface area contributed by atoms with Crippen molar-refractivity contribution < 1.29 is 23.8 Å². The molecule has 0 saturated carbocycles. The van der Waals surface area contributed by atoms with E-state index in [1.165, 1.54) is 12.1 Å². The predicted molar refractivity (Wildman–Crippen MR) is 73.8 cm³/mol. The second kappa shape index (κ2) is 6.67. The Kier molecular flexibility index (Phi) is 4.90. The van der Waals surface area contributed by atoms with E-state index in [4.69, 9.17) is 9.84 Å². The summed E-state index contributed by atoms with van der Waals surface area (Å²) in [5.41, 5.74) is -0.317. The van der Waals surface area contributed by atoms with Crippen molar-refractivity contribution in [3.63, 3.8) is 0 Å². The number of halogens is 1. The van der Waals surface area contributed by atoms with Gasteiger partial charge < -0.3 is 15.2 Å². The third kappa shape index (κ3) is 4.01. The zero-order valence-electron chi connectivity index (χ0n) is 11.8. The molecule has 1 aliphatic rings. The van der Waals surface area contributed by atoms with Gasteiger partial charge in [0, 0.05) is 13.2 Å². The first kappa shape index (κ1) is 15.4. The summed E-state index contributed by atoms with van der Waals surface area (Å²) in [7, 11) is 0. The van der Waals surface area contributed by atoms with Crippen LogP contribution in [0.1, 0.15) is 40.5 Å². The number of carbonyl (C=O) groups excluding carboxylic acids is 1. The molecule has 1 aromatic rings. The van der Waals surface area contributed by atoms with Crippen molar-refractivity contribution in [3.8, 4) is 0 Å². The smallest absolute Gasteiger partial charge is 0.335 e. The van der Waals surface area contributed by atoms with E-state index < -0.39 is 17.7 Å². The number of carbonyl (C=O) groups is 2. The highest BCUT2D eigenvalue weighted by Crippen LogP contribution is 2.19. The molecule has 0 spiro atoms. The highest BCUT2D eigenvalue weighted by molar-refractivity contribution is 5.96. The molecule has 1 saturated heterocycles. The van der Waals surface area contributed by atoms with Crippen LogP contribution in [0.5, 0.6) is 0 Å². The van der Waals surface area contributed by atoms with Crippen molar-refractivity contribution >= 4 is 11.9 Å². The van der Waals surface area contributed by atoms with Crippen LogP contribution in [0.25, 0.3) is 0 Å². The normalized spacial score (nSPS) is 21.8. The molecule has 1 aliphatic heterocycles. The topological polar surface area (TPSA) is 75.6 Å². The van der Waals surface area contributed by atoms with E-state index in [1.807, 2.05) is 6.92 Å². The summed E-state index contributed by atoms with van der Waals surface area (Å²) < 4.78 is 19.2. The predicted octanol–water partition coefficient (Wildman–Crippen LogP) is 2.07. The number of aromatic carboxylic acids is 1. The van der Waals surface area contributed by atoms with Gasteiger partial charge in [0.2, 0.25) is 0 Å². The third-order valence-electron chi connectivity index (χ3n) is 3.61. The van der Waals surface area contributed by atoms with Crippen molar-refractivity contribution in [2.24, 2.45) is 5.92 Å². The summed E-state index contributed by atoms with van der Waals surface area (Å²) >= 11 is 0. The van der Waals surface area contributed by atoms with Crippen LogP contribution in [0.15, 0.2) is 18.2 Å². The molecule has 0 bridgehead atoms. The van der Waals surface area contributed by atoms with Gasteiger partial charge in [-0.05, 0) is 43.9 Å².